The molecule has 1 spiro atoms. The topological polar surface area (TPSA) is 76.0 Å². The van der Waals surface area contributed by atoms with Crippen molar-refractivity contribution in [2.24, 2.45) is 23.7 Å². The highest BCUT2D eigenvalue weighted by molar-refractivity contribution is 5.79. The number of aliphatic hydroxyl groups is 1. The maximum absolute atomic E-state index is 10.6. The molecule has 0 aliphatic carbocycles. The summed E-state index contributed by atoms with van der Waals surface area (Å²) in [6.07, 6.45) is 25.2. The van der Waals surface area contributed by atoms with Crippen LogP contribution in [0.5, 0.6) is 0 Å². The summed E-state index contributed by atoms with van der Waals surface area (Å²) in [5, 5.41) is 18.9. The van der Waals surface area contributed by atoms with Gasteiger partial charge in [-0.15, -0.1) is 0 Å². The van der Waals surface area contributed by atoms with E-state index in [-0.39, 0.29) is 18.1 Å². The van der Waals surface area contributed by atoms with Crippen molar-refractivity contribution in [3.63, 3.8) is 0 Å². The van der Waals surface area contributed by atoms with Crippen LogP contribution < -0.4 is 0 Å². The minimum Gasteiger partial charge on any atom is -0.478 e. The second-order valence-electron chi connectivity index (χ2n) is 10.9. The smallest absolute Gasteiger partial charge is 0.327 e. The van der Waals surface area contributed by atoms with Crippen LogP contribution in [0.2, 0.25) is 0 Å². The maximum atomic E-state index is 10.6. The van der Waals surface area contributed by atoms with Gasteiger partial charge in [0.2, 0.25) is 0 Å². The van der Waals surface area contributed by atoms with Gasteiger partial charge in [-0.3, -0.25) is 0 Å². The van der Waals surface area contributed by atoms with Crippen LogP contribution in [-0.4, -0.2) is 40.3 Å². The molecule has 0 radical (unpaired) electrons. The van der Waals surface area contributed by atoms with Gasteiger partial charge in [-0.05, 0) is 50.4 Å². The number of allylic oxidation sites excluding steroid dienone is 5. The highest BCUT2D eigenvalue weighted by Crippen LogP contribution is 2.44. The average Bonchev–Trinajstić information content (AvgIpc) is 2.84. The lowest BCUT2D eigenvalue weighted by Crippen LogP contribution is -2.52. The van der Waals surface area contributed by atoms with Crippen molar-refractivity contribution in [1.29, 1.82) is 0 Å². The van der Waals surface area contributed by atoms with Gasteiger partial charge in [-0.2, -0.15) is 0 Å². The number of ether oxygens (including phenoxy) is 2. The molecule has 2 N–H and O–H groups in total. The van der Waals surface area contributed by atoms with Crippen molar-refractivity contribution in [1.82, 2.24) is 0 Å². The third-order valence-electron chi connectivity index (χ3n) is 7.42. The van der Waals surface area contributed by atoms with E-state index in [1.54, 1.807) is 13.0 Å². The number of aliphatic hydroxyl groups excluding tert-OH is 1. The fourth-order valence-electron chi connectivity index (χ4n) is 4.94. The van der Waals surface area contributed by atoms with E-state index >= 15 is 0 Å². The van der Waals surface area contributed by atoms with E-state index in [1.807, 2.05) is 25.2 Å². The Kier molecular flexibility index (Phi) is 12.9. The molecular weight excluding hydrogens is 452 g/mol. The van der Waals surface area contributed by atoms with Gasteiger partial charge in [0.1, 0.15) is 0 Å². The Morgan fingerprint density at radius 3 is 2.50 bits per heavy atom. The number of hydrogen-bond donors (Lipinski definition) is 2. The van der Waals surface area contributed by atoms with Crippen LogP contribution >= 0.6 is 0 Å². The molecule has 0 aromatic heterocycles. The SMILES string of the molecule is C/C=C/C=C/C1OC2(CCC(C)C(C/C=C/C=C/C(O)C(C)/C=C/C(=O)O)O2)CCC1CCC(C)C. The zero-order valence-electron chi connectivity index (χ0n) is 22.9. The zero-order valence-corrected chi connectivity index (χ0v) is 22.9. The molecule has 2 rings (SSSR count). The minimum atomic E-state index is -1.01. The Bertz CT molecular complexity index is 808. The summed E-state index contributed by atoms with van der Waals surface area (Å²) < 4.78 is 13.4. The molecular formula is C31H48O5. The highest BCUT2D eigenvalue weighted by atomic mass is 16.7. The first-order valence-corrected chi connectivity index (χ1v) is 13.7. The van der Waals surface area contributed by atoms with Gasteiger partial charge in [0.05, 0.1) is 18.3 Å². The lowest BCUT2D eigenvalue weighted by atomic mass is 9.81. The Hall–Kier alpha value is -1.95. The van der Waals surface area contributed by atoms with Crippen molar-refractivity contribution in [2.45, 2.75) is 104 Å². The first-order chi connectivity index (χ1) is 17.2. The van der Waals surface area contributed by atoms with Crippen LogP contribution in [0.4, 0.5) is 0 Å². The maximum Gasteiger partial charge on any atom is 0.327 e. The summed E-state index contributed by atoms with van der Waals surface area (Å²) in [7, 11) is 0. The molecule has 0 aromatic rings. The van der Waals surface area contributed by atoms with Crippen molar-refractivity contribution < 1.29 is 24.5 Å². The quantitative estimate of drug-likeness (QED) is 0.223. The van der Waals surface area contributed by atoms with Gasteiger partial charge in [0.25, 0.3) is 0 Å². The number of carboxylic acids is 1. The van der Waals surface area contributed by atoms with Gasteiger partial charge in [0.15, 0.2) is 5.79 Å². The Morgan fingerprint density at radius 2 is 1.81 bits per heavy atom. The molecule has 2 fully saturated rings. The molecule has 0 saturated carbocycles. The molecule has 2 saturated heterocycles. The third kappa shape index (κ3) is 10.2. The van der Waals surface area contributed by atoms with Gasteiger partial charge >= 0.3 is 5.97 Å². The normalized spacial score (nSPS) is 31.6. The average molecular weight is 501 g/mol. The van der Waals surface area contributed by atoms with Crippen LogP contribution in [0, 0.1) is 23.7 Å². The molecule has 0 bridgehead atoms. The van der Waals surface area contributed by atoms with E-state index in [4.69, 9.17) is 14.6 Å². The first-order valence-electron chi connectivity index (χ1n) is 13.7. The van der Waals surface area contributed by atoms with E-state index in [2.05, 4.69) is 45.1 Å². The fraction of sp³-hybridized carbons (Fsp3) is 0.645. The molecule has 5 heteroatoms. The first kappa shape index (κ1) is 30.3. The monoisotopic (exact) mass is 500 g/mol. The van der Waals surface area contributed by atoms with E-state index < -0.39 is 17.9 Å². The number of hydrogen-bond acceptors (Lipinski definition) is 4. The van der Waals surface area contributed by atoms with E-state index in [0.29, 0.717) is 17.8 Å². The number of aliphatic carboxylic acids is 1. The molecule has 0 aromatic carbocycles. The second-order valence-corrected chi connectivity index (χ2v) is 10.9. The van der Waals surface area contributed by atoms with E-state index in [1.165, 1.54) is 18.9 Å². The van der Waals surface area contributed by atoms with Crippen molar-refractivity contribution >= 4 is 5.97 Å². The summed E-state index contributed by atoms with van der Waals surface area (Å²) in [6, 6.07) is 0. The largest absolute Gasteiger partial charge is 0.478 e. The van der Waals surface area contributed by atoms with Crippen LogP contribution in [0.25, 0.3) is 0 Å². The lowest BCUT2D eigenvalue weighted by Gasteiger charge is -2.49. The Labute approximate surface area is 218 Å². The molecule has 7 unspecified atom stereocenters. The van der Waals surface area contributed by atoms with Crippen LogP contribution in [0.1, 0.15) is 79.6 Å². The van der Waals surface area contributed by atoms with Crippen LogP contribution in [-0.2, 0) is 14.3 Å². The Balaban J connectivity index is 1.97. The second kappa shape index (κ2) is 15.3. The molecule has 36 heavy (non-hydrogen) atoms. The summed E-state index contributed by atoms with van der Waals surface area (Å²) in [6.45, 7) is 10.6. The molecule has 5 nitrogen and oxygen atoms in total. The fourth-order valence-corrected chi connectivity index (χ4v) is 4.94. The van der Waals surface area contributed by atoms with Crippen molar-refractivity contribution in [3.05, 3.63) is 60.8 Å². The summed E-state index contributed by atoms with van der Waals surface area (Å²) >= 11 is 0. The van der Waals surface area contributed by atoms with Gasteiger partial charge < -0.3 is 19.7 Å². The minimum absolute atomic E-state index is 0.0832. The molecule has 2 aliphatic rings. The molecule has 202 valence electrons. The summed E-state index contributed by atoms with van der Waals surface area (Å²) in [5.74, 6) is -0.0909. The van der Waals surface area contributed by atoms with Crippen molar-refractivity contribution in [2.75, 3.05) is 0 Å². The molecule has 0 amide bonds. The third-order valence-corrected chi connectivity index (χ3v) is 7.42. The van der Waals surface area contributed by atoms with Gasteiger partial charge in [-0.25, -0.2) is 4.79 Å². The van der Waals surface area contributed by atoms with Gasteiger partial charge in [-0.1, -0.05) is 88.8 Å². The van der Waals surface area contributed by atoms with Gasteiger partial charge in [0, 0.05) is 24.8 Å². The summed E-state index contributed by atoms with van der Waals surface area (Å²) in [4.78, 5) is 10.6. The van der Waals surface area contributed by atoms with Crippen LogP contribution in [0.15, 0.2) is 60.8 Å². The predicted octanol–water partition coefficient (Wildman–Crippen LogP) is 7.00. The number of carbonyl (C=O) groups is 1. The zero-order chi connectivity index (χ0) is 26.6. The number of carboxylic acid groups (broad SMARTS) is 1. The van der Waals surface area contributed by atoms with Crippen molar-refractivity contribution in [3.8, 4) is 0 Å². The summed E-state index contributed by atoms with van der Waals surface area (Å²) in [5.41, 5.74) is 0. The predicted molar refractivity (Wildman–Crippen MR) is 146 cm³/mol. The lowest BCUT2D eigenvalue weighted by molar-refractivity contribution is -0.324. The van der Waals surface area contributed by atoms with Crippen LogP contribution in [0.3, 0.4) is 0 Å². The molecule has 2 aliphatic heterocycles. The Morgan fingerprint density at radius 1 is 1.06 bits per heavy atom. The van der Waals surface area contributed by atoms with E-state index in [9.17, 15) is 9.90 Å². The molecule has 2 heterocycles. The van der Waals surface area contributed by atoms with E-state index in [0.717, 1.165) is 38.2 Å². The number of rotatable bonds is 12. The molecule has 7 atom stereocenters. The highest BCUT2D eigenvalue weighted by Gasteiger charge is 2.46. The standard InChI is InChI=1S/C31H48O5/c1-6-7-9-14-29-26(17-15-23(2)3)20-22-31(36-29)21-19-25(5)28(35-31)13-11-8-10-12-27(32)24(4)16-18-30(33)34/h6-12,14,16,18,23-29,32H,13,15,17,19-22H2,1-5H3,(H,33,34)/b7-6+,11-8+,12-10+,14-9+,18-16+.